The minimum atomic E-state index is -0.0747. The third kappa shape index (κ3) is 5.02. The summed E-state index contributed by atoms with van der Waals surface area (Å²) in [5.74, 6) is 2.09. The van der Waals surface area contributed by atoms with Crippen molar-refractivity contribution in [1.29, 1.82) is 0 Å². The van der Waals surface area contributed by atoms with E-state index in [1.54, 1.807) is 6.20 Å². The predicted octanol–water partition coefficient (Wildman–Crippen LogP) is 3.51. The van der Waals surface area contributed by atoms with Gasteiger partial charge in [-0.15, -0.1) is 0 Å². The lowest BCUT2D eigenvalue weighted by Gasteiger charge is -2.35. The molecule has 3 aromatic rings. The first kappa shape index (κ1) is 20.8. The number of benzene rings is 1. The standard InChI is InChI=1S/C23H29N7O/c1-17(2)22-25-18(3)15-21(27-22)28-11-13-29(14-12-28)23(31)26-20-8-5-4-7-19(20)16-30-10-6-9-24-30/h4-10,15,17H,11-14,16H2,1-3H3,(H,26,31). The first-order valence-electron chi connectivity index (χ1n) is 10.7. The Bertz CT molecular complexity index is 1020. The quantitative estimate of drug-likeness (QED) is 0.685. The van der Waals surface area contributed by atoms with Gasteiger partial charge in [0, 0.05) is 61.9 Å². The second-order valence-corrected chi connectivity index (χ2v) is 8.15. The van der Waals surface area contributed by atoms with Crippen LogP contribution in [0.3, 0.4) is 0 Å². The molecule has 0 atom stereocenters. The van der Waals surface area contributed by atoms with Crippen molar-refractivity contribution in [3.8, 4) is 0 Å². The highest BCUT2D eigenvalue weighted by Crippen LogP contribution is 2.20. The lowest BCUT2D eigenvalue weighted by molar-refractivity contribution is 0.208. The van der Waals surface area contributed by atoms with Crippen LogP contribution in [0.1, 0.15) is 36.8 Å². The summed E-state index contributed by atoms with van der Waals surface area (Å²) >= 11 is 0. The van der Waals surface area contributed by atoms with Crippen molar-refractivity contribution in [3.63, 3.8) is 0 Å². The van der Waals surface area contributed by atoms with E-state index in [9.17, 15) is 4.79 Å². The van der Waals surface area contributed by atoms with E-state index < -0.39 is 0 Å². The number of amides is 2. The van der Waals surface area contributed by atoms with Crippen molar-refractivity contribution in [2.75, 3.05) is 36.4 Å². The predicted molar refractivity (Wildman–Crippen MR) is 121 cm³/mol. The van der Waals surface area contributed by atoms with Gasteiger partial charge in [0.25, 0.3) is 0 Å². The minimum absolute atomic E-state index is 0.0747. The first-order chi connectivity index (χ1) is 15.0. The molecular formula is C23H29N7O. The molecule has 4 rings (SSSR count). The fraction of sp³-hybridized carbons (Fsp3) is 0.391. The molecule has 1 aromatic carbocycles. The van der Waals surface area contributed by atoms with Gasteiger partial charge in [-0.25, -0.2) is 14.8 Å². The zero-order valence-electron chi connectivity index (χ0n) is 18.3. The number of carbonyl (C=O) groups is 1. The number of piperazine rings is 1. The molecule has 0 spiro atoms. The van der Waals surface area contributed by atoms with Crippen LogP contribution in [0.25, 0.3) is 0 Å². The van der Waals surface area contributed by atoms with Crippen LogP contribution in [0.5, 0.6) is 0 Å². The van der Waals surface area contributed by atoms with Crippen LogP contribution >= 0.6 is 0 Å². The van der Waals surface area contributed by atoms with Crippen LogP contribution in [-0.2, 0) is 6.54 Å². The van der Waals surface area contributed by atoms with Gasteiger partial charge in [-0.05, 0) is 24.6 Å². The smallest absolute Gasteiger partial charge is 0.321 e. The van der Waals surface area contributed by atoms with Gasteiger partial charge in [0.1, 0.15) is 11.6 Å². The average Bonchev–Trinajstić information content (AvgIpc) is 3.28. The minimum Gasteiger partial charge on any atom is -0.353 e. The van der Waals surface area contributed by atoms with E-state index in [1.165, 1.54) is 0 Å². The van der Waals surface area contributed by atoms with Crippen molar-refractivity contribution in [3.05, 3.63) is 65.9 Å². The second kappa shape index (κ2) is 9.16. The molecule has 1 fully saturated rings. The summed E-state index contributed by atoms with van der Waals surface area (Å²) in [6.45, 7) is 9.60. The molecule has 0 radical (unpaired) electrons. The van der Waals surface area contributed by atoms with Gasteiger partial charge < -0.3 is 15.1 Å². The Morgan fingerprint density at radius 2 is 1.87 bits per heavy atom. The number of rotatable bonds is 5. The lowest BCUT2D eigenvalue weighted by Crippen LogP contribution is -2.50. The SMILES string of the molecule is Cc1cc(N2CCN(C(=O)Nc3ccccc3Cn3cccn3)CC2)nc(C(C)C)n1. The number of aromatic nitrogens is 4. The molecule has 0 saturated carbocycles. The average molecular weight is 420 g/mol. The Labute approximate surface area is 182 Å². The Kier molecular flexibility index (Phi) is 6.16. The number of aryl methyl sites for hydroxylation is 1. The van der Waals surface area contributed by atoms with Crippen LogP contribution in [0.15, 0.2) is 48.8 Å². The Balaban J connectivity index is 1.38. The van der Waals surface area contributed by atoms with E-state index in [0.29, 0.717) is 19.6 Å². The molecule has 8 heteroatoms. The van der Waals surface area contributed by atoms with Crippen molar-refractivity contribution in [2.45, 2.75) is 33.2 Å². The van der Waals surface area contributed by atoms with Gasteiger partial charge in [-0.3, -0.25) is 4.68 Å². The topological polar surface area (TPSA) is 79.2 Å². The van der Waals surface area contributed by atoms with Crippen molar-refractivity contribution >= 4 is 17.5 Å². The monoisotopic (exact) mass is 419 g/mol. The van der Waals surface area contributed by atoms with Crippen LogP contribution in [0.2, 0.25) is 0 Å². The van der Waals surface area contributed by atoms with E-state index in [2.05, 4.69) is 34.1 Å². The summed E-state index contributed by atoms with van der Waals surface area (Å²) < 4.78 is 1.85. The van der Waals surface area contributed by atoms with Gasteiger partial charge in [0.15, 0.2) is 0 Å². The number of anilines is 2. The van der Waals surface area contributed by atoms with Crippen molar-refractivity contribution < 1.29 is 4.79 Å². The molecule has 1 saturated heterocycles. The number of hydrogen-bond donors (Lipinski definition) is 1. The number of para-hydroxylation sites is 1. The van der Waals surface area contributed by atoms with Crippen LogP contribution < -0.4 is 10.2 Å². The summed E-state index contributed by atoms with van der Waals surface area (Å²) in [6.07, 6.45) is 3.67. The van der Waals surface area contributed by atoms with Gasteiger partial charge in [0.05, 0.1) is 6.54 Å². The molecule has 0 unspecified atom stereocenters. The molecule has 8 nitrogen and oxygen atoms in total. The lowest BCUT2D eigenvalue weighted by atomic mass is 10.2. The summed E-state index contributed by atoms with van der Waals surface area (Å²) in [4.78, 5) is 26.3. The maximum atomic E-state index is 12.9. The molecule has 2 amide bonds. The maximum absolute atomic E-state index is 12.9. The van der Waals surface area contributed by atoms with Gasteiger partial charge in [0.2, 0.25) is 0 Å². The van der Waals surface area contributed by atoms with Crippen molar-refractivity contribution in [2.24, 2.45) is 0 Å². The van der Waals surface area contributed by atoms with Gasteiger partial charge in [-0.2, -0.15) is 5.10 Å². The molecule has 0 aliphatic carbocycles. The summed E-state index contributed by atoms with van der Waals surface area (Å²) in [5, 5.41) is 7.34. The fourth-order valence-corrected chi connectivity index (χ4v) is 3.68. The first-order valence-corrected chi connectivity index (χ1v) is 10.7. The molecule has 1 N–H and O–H groups in total. The third-order valence-corrected chi connectivity index (χ3v) is 5.42. The number of nitrogens with one attached hydrogen (secondary N) is 1. The van der Waals surface area contributed by atoms with Crippen molar-refractivity contribution in [1.82, 2.24) is 24.6 Å². The zero-order chi connectivity index (χ0) is 21.8. The number of hydrogen-bond acceptors (Lipinski definition) is 5. The Morgan fingerprint density at radius 3 is 2.58 bits per heavy atom. The third-order valence-electron chi connectivity index (χ3n) is 5.42. The molecule has 0 bridgehead atoms. The molecule has 1 aliphatic heterocycles. The summed E-state index contributed by atoms with van der Waals surface area (Å²) in [7, 11) is 0. The normalized spacial score (nSPS) is 14.2. The van der Waals surface area contributed by atoms with E-state index in [4.69, 9.17) is 4.98 Å². The Morgan fingerprint density at radius 1 is 1.10 bits per heavy atom. The summed E-state index contributed by atoms with van der Waals surface area (Å²) in [6, 6.07) is 11.7. The molecule has 2 aromatic heterocycles. The molecule has 1 aliphatic rings. The maximum Gasteiger partial charge on any atom is 0.321 e. The number of urea groups is 1. The second-order valence-electron chi connectivity index (χ2n) is 8.15. The number of nitrogens with zero attached hydrogens (tertiary/aromatic N) is 6. The summed E-state index contributed by atoms with van der Waals surface area (Å²) in [5.41, 5.74) is 2.82. The molecule has 3 heterocycles. The largest absolute Gasteiger partial charge is 0.353 e. The van der Waals surface area contributed by atoms with E-state index in [-0.39, 0.29) is 11.9 Å². The Hall–Kier alpha value is -3.42. The van der Waals surface area contributed by atoms with Crippen LogP contribution in [0, 0.1) is 6.92 Å². The highest BCUT2D eigenvalue weighted by Gasteiger charge is 2.23. The van der Waals surface area contributed by atoms with Gasteiger partial charge in [-0.1, -0.05) is 32.0 Å². The molecule has 31 heavy (non-hydrogen) atoms. The van der Waals surface area contributed by atoms with Gasteiger partial charge >= 0.3 is 6.03 Å². The zero-order valence-corrected chi connectivity index (χ0v) is 18.3. The highest BCUT2D eigenvalue weighted by atomic mass is 16.2. The van der Waals surface area contributed by atoms with E-state index >= 15 is 0 Å². The van der Waals surface area contributed by atoms with Crippen LogP contribution in [-0.4, -0.2) is 56.9 Å². The fourth-order valence-electron chi connectivity index (χ4n) is 3.68. The van der Waals surface area contributed by atoms with Crippen LogP contribution in [0.4, 0.5) is 16.3 Å². The van der Waals surface area contributed by atoms with E-state index in [1.807, 2.05) is 59.1 Å². The molecular weight excluding hydrogens is 390 g/mol. The van der Waals surface area contributed by atoms with E-state index in [0.717, 1.165) is 41.7 Å². The highest BCUT2D eigenvalue weighted by molar-refractivity contribution is 5.90. The number of carbonyl (C=O) groups excluding carboxylic acids is 1. The molecule has 162 valence electrons.